The highest BCUT2D eigenvalue weighted by Crippen LogP contribution is 2.21. The molecule has 0 bridgehead atoms. The van der Waals surface area contributed by atoms with Gasteiger partial charge in [-0.1, -0.05) is 0 Å². The number of aromatic nitrogens is 3. The van der Waals surface area contributed by atoms with Crippen molar-refractivity contribution in [3.63, 3.8) is 0 Å². The van der Waals surface area contributed by atoms with Gasteiger partial charge in [0.15, 0.2) is 11.5 Å². The van der Waals surface area contributed by atoms with Gasteiger partial charge in [-0.25, -0.2) is 0 Å². The molecule has 0 aliphatic carbocycles. The SMILES string of the molecule is CC(c1nnc2ccc(Br)cn12)N1CCNCC1. The lowest BCUT2D eigenvalue weighted by molar-refractivity contribution is 0.178. The van der Waals surface area contributed by atoms with Crippen LogP contribution in [0.15, 0.2) is 22.8 Å². The molecule has 1 aliphatic heterocycles. The first-order valence-electron chi connectivity index (χ1n) is 6.20. The van der Waals surface area contributed by atoms with E-state index in [9.17, 15) is 0 Å². The minimum atomic E-state index is 0.288. The highest BCUT2D eigenvalue weighted by Gasteiger charge is 2.22. The molecular weight excluding hydrogens is 294 g/mol. The number of rotatable bonds is 2. The molecule has 0 aromatic carbocycles. The van der Waals surface area contributed by atoms with Crippen molar-refractivity contribution in [2.45, 2.75) is 13.0 Å². The summed E-state index contributed by atoms with van der Waals surface area (Å²) in [6.07, 6.45) is 2.03. The minimum Gasteiger partial charge on any atom is -0.314 e. The van der Waals surface area contributed by atoms with Crippen LogP contribution in [0.3, 0.4) is 0 Å². The van der Waals surface area contributed by atoms with E-state index in [2.05, 4.69) is 47.7 Å². The molecule has 1 N–H and O–H groups in total. The van der Waals surface area contributed by atoms with Crippen molar-refractivity contribution >= 4 is 21.6 Å². The van der Waals surface area contributed by atoms with E-state index in [-0.39, 0.29) is 6.04 Å². The van der Waals surface area contributed by atoms with E-state index < -0.39 is 0 Å². The predicted molar refractivity (Wildman–Crippen MR) is 73.5 cm³/mol. The highest BCUT2D eigenvalue weighted by molar-refractivity contribution is 9.10. The monoisotopic (exact) mass is 309 g/mol. The van der Waals surface area contributed by atoms with Crippen LogP contribution in [0.1, 0.15) is 18.8 Å². The van der Waals surface area contributed by atoms with Crippen LogP contribution < -0.4 is 5.32 Å². The number of hydrogen-bond donors (Lipinski definition) is 1. The molecule has 3 heterocycles. The number of nitrogens with one attached hydrogen (secondary N) is 1. The molecule has 2 aromatic rings. The average Bonchev–Trinajstić information content (AvgIpc) is 2.82. The van der Waals surface area contributed by atoms with Gasteiger partial charge in [-0.2, -0.15) is 0 Å². The van der Waals surface area contributed by atoms with Crippen LogP contribution in [-0.2, 0) is 0 Å². The third-order valence-corrected chi connectivity index (χ3v) is 3.93. The van der Waals surface area contributed by atoms with Crippen LogP contribution in [0.2, 0.25) is 0 Å². The molecule has 0 amide bonds. The fraction of sp³-hybridized carbons (Fsp3) is 0.500. The van der Waals surface area contributed by atoms with Crippen molar-refractivity contribution in [1.82, 2.24) is 24.8 Å². The van der Waals surface area contributed by atoms with E-state index in [0.29, 0.717) is 0 Å². The first-order chi connectivity index (χ1) is 8.75. The second-order valence-corrected chi connectivity index (χ2v) is 5.51. The lowest BCUT2D eigenvalue weighted by Crippen LogP contribution is -2.44. The van der Waals surface area contributed by atoms with E-state index in [1.54, 1.807) is 0 Å². The Hall–Kier alpha value is -0.980. The summed E-state index contributed by atoms with van der Waals surface area (Å²) in [5.41, 5.74) is 0.898. The Balaban J connectivity index is 1.95. The van der Waals surface area contributed by atoms with Gasteiger partial charge >= 0.3 is 0 Å². The molecule has 18 heavy (non-hydrogen) atoms. The number of pyridine rings is 1. The fourth-order valence-corrected chi connectivity index (χ4v) is 2.74. The minimum absolute atomic E-state index is 0.288. The number of hydrogen-bond acceptors (Lipinski definition) is 4. The summed E-state index contributed by atoms with van der Waals surface area (Å²) in [5, 5.41) is 11.9. The van der Waals surface area contributed by atoms with Crippen molar-refractivity contribution < 1.29 is 0 Å². The molecule has 0 radical (unpaired) electrons. The molecule has 1 saturated heterocycles. The van der Waals surface area contributed by atoms with Gasteiger partial charge < -0.3 is 5.32 Å². The molecule has 1 atom stereocenters. The summed E-state index contributed by atoms with van der Waals surface area (Å²) in [6.45, 7) is 6.41. The molecule has 96 valence electrons. The van der Waals surface area contributed by atoms with E-state index in [4.69, 9.17) is 0 Å². The second-order valence-electron chi connectivity index (χ2n) is 4.60. The zero-order valence-corrected chi connectivity index (χ0v) is 11.9. The maximum Gasteiger partial charge on any atom is 0.160 e. The van der Waals surface area contributed by atoms with E-state index >= 15 is 0 Å². The Kier molecular flexibility index (Phi) is 3.32. The molecule has 0 saturated carbocycles. The molecule has 2 aromatic heterocycles. The normalized spacial score (nSPS) is 19.2. The molecule has 1 unspecified atom stereocenters. The fourth-order valence-electron chi connectivity index (χ4n) is 2.40. The Morgan fingerprint density at radius 2 is 2.06 bits per heavy atom. The van der Waals surface area contributed by atoms with Gasteiger partial charge in [0.2, 0.25) is 0 Å². The van der Waals surface area contributed by atoms with E-state index in [1.807, 2.05) is 18.3 Å². The van der Waals surface area contributed by atoms with Gasteiger partial charge in [0.25, 0.3) is 0 Å². The summed E-state index contributed by atoms with van der Waals surface area (Å²) >= 11 is 3.50. The molecule has 0 spiro atoms. The summed E-state index contributed by atoms with van der Waals surface area (Å²) in [4.78, 5) is 2.44. The lowest BCUT2D eigenvalue weighted by Gasteiger charge is -2.31. The number of halogens is 1. The Bertz CT molecular complexity index is 546. The molecule has 1 aliphatic rings. The van der Waals surface area contributed by atoms with Crippen LogP contribution in [0, 0.1) is 0 Å². The molecule has 1 fully saturated rings. The van der Waals surface area contributed by atoms with Crippen LogP contribution in [0.4, 0.5) is 0 Å². The molecule has 3 rings (SSSR count). The van der Waals surface area contributed by atoms with Gasteiger partial charge in [-0.05, 0) is 35.0 Å². The maximum absolute atomic E-state index is 4.34. The van der Waals surface area contributed by atoms with Crippen LogP contribution in [0.5, 0.6) is 0 Å². The quantitative estimate of drug-likeness (QED) is 0.912. The van der Waals surface area contributed by atoms with Crippen molar-refractivity contribution in [2.24, 2.45) is 0 Å². The first-order valence-corrected chi connectivity index (χ1v) is 7.00. The maximum atomic E-state index is 4.34. The smallest absolute Gasteiger partial charge is 0.160 e. The summed E-state index contributed by atoms with van der Waals surface area (Å²) in [5.74, 6) is 1.01. The molecule has 6 heteroatoms. The van der Waals surface area contributed by atoms with Crippen LogP contribution >= 0.6 is 15.9 Å². The third kappa shape index (κ3) is 2.15. The Morgan fingerprint density at radius 1 is 1.28 bits per heavy atom. The van der Waals surface area contributed by atoms with Gasteiger partial charge in [0, 0.05) is 36.8 Å². The van der Waals surface area contributed by atoms with Crippen molar-refractivity contribution in [2.75, 3.05) is 26.2 Å². The molecular formula is C12H16BrN5. The van der Waals surface area contributed by atoms with Crippen molar-refractivity contribution in [3.05, 3.63) is 28.6 Å². The zero-order valence-electron chi connectivity index (χ0n) is 10.3. The van der Waals surface area contributed by atoms with Gasteiger partial charge in [0.05, 0.1) is 6.04 Å². The second kappa shape index (κ2) is 4.95. The Labute approximate surface area is 114 Å². The largest absolute Gasteiger partial charge is 0.314 e. The zero-order chi connectivity index (χ0) is 12.5. The number of piperazine rings is 1. The van der Waals surface area contributed by atoms with E-state index in [1.165, 1.54) is 0 Å². The lowest BCUT2D eigenvalue weighted by atomic mass is 10.2. The number of fused-ring (bicyclic) bond motifs is 1. The van der Waals surface area contributed by atoms with E-state index in [0.717, 1.165) is 42.1 Å². The molecule has 5 nitrogen and oxygen atoms in total. The van der Waals surface area contributed by atoms with Crippen LogP contribution in [-0.4, -0.2) is 45.7 Å². The first kappa shape index (κ1) is 12.1. The summed E-state index contributed by atoms with van der Waals surface area (Å²) in [6, 6.07) is 4.25. The standard InChI is InChI=1S/C12H16BrN5/c1-9(17-6-4-14-5-7-17)12-16-15-11-3-2-10(13)8-18(11)12/h2-3,8-9,14H,4-7H2,1H3. The van der Waals surface area contributed by atoms with Crippen molar-refractivity contribution in [3.8, 4) is 0 Å². The van der Waals surface area contributed by atoms with Gasteiger partial charge in [0.1, 0.15) is 0 Å². The van der Waals surface area contributed by atoms with Crippen LogP contribution in [0.25, 0.3) is 5.65 Å². The van der Waals surface area contributed by atoms with Crippen molar-refractivity contribution in [1.29, 1.82) is 0 Å². The predicted octanol–water partition coefficient (Wildman–Crippen LogP) is 1.46. The Morgan fingerprint density at radius 3 is 2.83 bits per heavy atom. The third-order valence-electron chi connectivity index (χ3n) is 3.47. The van der Waals surface area contributed by atoms with Gasteiger partial charge in [-0.15, -0.1) is 10.2 Å². The topological polar surface area (TPSA) is 45.5 Å². The number of nitrogens with zero attached hydrogens (tertiary/aromatic N) is 4. The summed E-state index contributed by atoms with van der Waals surface area (Å²) in [7, 11) is 0. The summed E-state index contributed by atoms with van der Waals surface area (Å²) < 4.78 is 3.11. The average molecular weight is 310 g/mol. The highest BCUT2D eigenvalue weighted by atomic mass is 79.9. The van der Waals surface area contributed by atoms with Gasteiger partial charge in [-0.3, -0.25) is 9.30 Å².